The van der Waals surface area contributed by atoms with Crippen molar-refractivity contribution in [3.05, 3.63) is 153 Å². The molecule has 1 unspecified atom stereocenters. The minimum atomic E-state index is -4.98. The second-order valence-corrected chi connectivity index (χ2v) is 15.9. The fourth-order valence-electron chi connectivity index (χ4n) is 7.77. The summed E-state index contributed by atoms with van der Waals surface area (Å²) in [6, 6.07) is 22.8. The molecule has 0 aliphatic carbocycles. The van der Waals surface area contributed by atoms with Crippen LogP contribution < -0.4 is 34.5 Å². The second-order valence-electron chi connectivity index (χ2n) is 15.1. The molecule has 0 bridgehead atoms. The predicted octanol–water partition coefficient (Wildman–Crippen LogP) is 11.1. The third kappa shape index (κ3) is 9.27. The number of nitrogens with zero attached hydrogens (tertiary/aromatic N) is 6. The number of rotatable bonds is 14. The van der Waals surface area contributed by atoms with Crippen LogP contribution in [-0.2, 0) is 25.8 Å². The fraction of sp³-hybridized carbons (Fsp3) is 0.234. The standard InChI is InChI=1S/C47H42Cl2F4N8O4/c1-26-18-36(60(21-29-8-14-32(63-4)15-9-29)22-30-10-16-33(64-5)17-11-30)59-42(39(26)47(51,52)53)37-40(49)43-38-44(41(37)50)65-35(48)23-61(46(38)58-25-56-43)27(2)34-20-54-24-57-45(34)55-19-28-6-12-31(62-3)13-7-28/h6-18,20,23-24,27,56H,19,21-22,25H2,1-5H3,(H,54,55,57). The SMILES string of the molecule is COc1ccc(CNc2ncncc2C(C)N2C=C(Cl)Oc3c(F)c(-c4nc(N(Cc5ccc(OC)cc5)Cc5ccc(OC)cc5)cc(C)c4C(F)(F)F)c(Cl)c4c3C2=NCN4)cc1. The van der Waals surface area contributed by atoms with Gasteiger partial charge in [-0.05, 0) is 90.2 Å². The summed E-state index contributed by atoms with van der Waals surface area (Å²) in [7, 11) is 4.70. The lowest BCUT2D eigenvalue weighted by atomic mass is 9.96. The molecule has 0 radical (unpaired) electrons. The Bertz CT molecular complexity index is 2730. The van der Waals surface area contributed by atoms with Crippen LogP contribution in [0.3, 0.4) is 0 Å². The Morgan fingerprint density at radius 2 is 1.46 bits per heavy atom. The number of ether oxygens (including phenoxy) is 4. The number of aliphatic imine (C=N–C) groups is 1. The first-order valence-corrected chi connectivity index (χ1v) is 21.0. The minimum Gasteiger partial charge on any atom is -0.497 e. The normalized spacial score (nSPS) is 13.6. The Balaban J connectivity index is 1.22. The van der Waals surface area contributed by atoms with Crippen molar-refractivity contribution < 1.29 is 36.5 Å². The lowest BCUT2D eigenvalue weighted by Crippen LogP contribution is -2.33. The van der Waals surface area contributed by atoms with Gasteiger partial charge in [-0.15, -0.1) is 0 Å². The molecule has 18 heteroatoms. The number of alkyl halides is 3. The van der Waals surface area contributed by atoms with E-state index in [1.54, 1.807) is 61.6 Å². The molecule has 6 aromatic rings. The number of hydrogen-bond donors (Lipinski definition) is 2. The maximum Gasteiger partial charge on any atom is 0.418 e. The zero-order valence-corrected chi connectivity index (χ0v) is 37.2. The largest absolute Gasteiger partial charge is 0.497 e. The van der Waals surface area contributed by atoms with Crippen LogP contribution in [0, 0.1) is 12.7 Å². The number of pyridine rings is 1. The van der Waals surface area contributed by atoms with Crippen LogP contribution in [-0.4, -0.2) is 53.7 Å². The lowest BCUT2D eigenvalue weighted by Gasteiger charge is -2.32. The van der Waals surface area contributed by atoms with Crippen molar-refractivity contribution in [1.29, 1.82) is 0 Å². The monoisotopic (exact) mass is 928 g/mol. The summed E-state index contributed by atoms with van der Waals surface area (Å²) in [5, 5.41) is 5.75. The van der Waals surface area contributed by atoms with Crippen molar-refractivity contribution >= 4 is 46.4 Å². The van der Waals surface area contributed by atoms with Gasteiger partial charge >= 0.3 is 6.18 Å². The van der Waals surface area contributed by atoms with E-state index in [4.69, 9.17) is 42.1 Å². The number of nitrogens with one attached hydrogen (secondary N) is 2. The van der Waals surface area contributed by atoms with Gasteiger partial charge in [-0.25, -0.2) is 24.3 Å². The third-order valence-electron chi connectivity index (χ3n) is 11.1. The molecule has 65 heavy (non-hydrogen) atoms. The van der Waals surface area contributed by atoms with Crippen LogP contribution in [0.4, 0.5) is 34.9 Å². The molecule has 0 saturated heterocycles. The van der Waals surface area contributed by atoms with Gasteiger partial charge in [0.05, 0.1) is 66.7 Å². The number of anilines is 3. The summed E-state index contributed by atoms with van der Waals surface area (Å²) in [6.45, 7) is 3.91. The molecule has 0 saturated carbocycles. The highest BCUT2D eigenvalue weighted by Crippen LogP contribution is 2.51. The van der Waals surface area contributed by atoms with Gasteiger partial charge in [0.1, 0.15) is 47.7 Å². The number of benzene rings is 4. The summed E-state index contributed by atoms with van der Waals surface area (Å²) in [6.07, 6.45) is -0.519. The van der Waals surface area contributed by atoms with Crippen LogP contribution in [0.1, 0.15) is 51.9 Å². The predicted molar refractivity (Wildman–Crippen MR) is 242 cm³/mol. The fourth-order valence-corrected chi connectivity index (χ4v) is 8.29. The first kappa shape index (κ1) is 44.8. The average molecular weight is 930 g/mol. The lowest BCUT2D eigenvalue weighted by molar-refractivity contribution is -0.137. The first-order valence-electron chi connectivity index (χ1n) is 20.2. The molecule has 4 aromatic carbocycles. The van der Waals surface area contributed by atoms with Gasteiger partial charge < -0.3 is 39.4 Å². The number of hydrogen-bond acceptors (Lipinski definition) is 12. The van der Waals surface area contributed by atoms with Crippen LogP contribution in [0.2, 0.25) is 5.02 Å². The zero-order valence-electron chi connectivity index (χ0n) is 35.7. The highest BCUT2D eigenvalue weighted by Gasteiger charge is 2.42. The minimum absolute atomic E-state index is 0.0490. The van der Waals surface area contributed by atoms with Gasteiger partial charge in [-0.2, -0.15) is 13.2 Å². The summed E-state index contributed by atoms with van der Waals surface area (Å²) < 4.78 is 85.4. The van der Waals surface area contributed by atoms with Crippen molar-refractivity contribution in [2.75, 3.05) is 43.5 Å². The summed E-state index contributed by atoms with van der Waals surface area (Å²) in [5.74, 6) is 1.09. The van der Waals surface area contributed by atoms with Gasteiger partial charge in [-0.1, -0.05) is 48.0 Å². The number of amidine groups is 1. The number of halogens is 6. The molecule has 1 atom stereocenters. The Morgan fingerprint density at radius 3 is 2.03 bits per heavy atom. The van der Waals surface area contributed by atoms with Gasteiger partial charge in [0.25, 0.3) is 0 Å². The molecule has 2 N–H and O–H groups in total. The molecule has 12 nitrogen and oxygen atoms in total. The van der Waals surface area contributed by atoms with Gasteiger partial charge in [-0.3, -0.25) is 0 Å². The summed E-state index contributed by atoms with van der Waals surface area (Å²) >= 11 is 13.8. The molecule has 2 aliphatic rings. The number of aromatic nitrogens is 3. The molecular weight excluding hydrogens is 887 g/mol. The highest BCUT2D eigenvalue weighted by atomic mass is 35.5. The van der Waals surface area contributed by atoms with E-state index in [0.29, 0.717) is 29.4 Å². The second kappa shape index (κ2) is 18.7. The maximum atomic E-state index is 17.6. The van der Waals surface area contributed by atoms with Crippen LogP contribution in [0.25, 0.3) is 11.3 Å². The zero-order chi connectivity index (χ0) is 46.0. The van der Waals surface area contributed by atoms with Crippen molar-refractivity contribution in [2.24, 2.45) is 4.99 Å². The van der Waals surface area contributed by atoms with Crippen molar-refractivity contribution in [1.82, 2.24) is 19.9 Å². The summed E-state index contributed by atoms with van der Waals surface area (Å²) in [4.78, 5) is 21.5. The van der Waals surface area contributed by atoms with E-state index in [9.17, 15) is 0 Å². The van der Waals surface area contributed by atoms with Gasteiger partial charge in [0.15, 0.2) is 11.6 Å². The van der Waals surface area contributed by atoms with E-state index in [-0.39, 0.29) is 58.5 Å². The van der Waals surface area contributed by atoms with E-state index in [1.807, 2.05) is 55.5 Å². The van der Waals surface area contributed by atoms with Crippen molar-refractivity contribution in [3.63, 3.8) is 0 Å². The molecule has 0 fully saturated rings. The topological polar surface area (TPSA) is 118 Å². The van der Waals surface area contributed by atoms with Crippen LogP contribution >= 0.6 is 23.2 Å². The van der Waals surface area contributed by atoms with Gasteiger partial charge in [0, 0.05) is 31.4 Å². The summed E-state index contributed by atoms with van der Waals surface area (Å²) in [5.41, 5.74) is 0.587. The van der Waals surface area contributed by atoms with Crippen LogP contribution in [0.5, 0.6) is 23.0 Å². The van der Waals surface area contributed by atoms with E-state index >= 15 is 17.6 Å². The Morgan fingerprint density at radius 1 is 0.877 bits per heavy atom. The highest BCUT2D eigenvalue weighted by molar-refractivity contribution is 6.37. The molecule has 2 aliphatic heterocycles. The molecule has 2 aromatic heterocycles. The smallest absolute Gasteiger partial charge is 0.418 e. The van der Waals surface area contributed by atoms with E-state index < -0.39 is 40.6 Å². The van der Waals surface area contributed by atoms with E-state index in [2.05, 4.69) is 30.6 Å². The average Bonchev–Trinajstić information content (AvgIpc) is 3.46. The third-order valence-corrected chi connectivity index (χ3v) is 11.6. The van der Waals surface area contributed by atoms with E-state index in [1.165, 1.54) is 25.5 Å². The van der Waals surface area contributed by atoms with Crippen LogP contribution in [0.15, 0.2) is 108 Å². The quantitative estimate of drug-likeness (QED) is 0.102. The number of aryl methyl sites for hydroxylation is 1. The molecule has 8 rings (SSSR count). The van der Waals surface area contributed by atoms with Crippen molar-refractivity contribution in [3.8, 4) is 34.3 Å². The Hall–Kier alpha value is -6.78. The molecule has 4 heterocycles. The molecule has 336 valence electrons. The molecular formula is C47H42Cl2F4N8O4. The molecule has 0 spiro atoms. The Kier molecular flexibility index (Phi) is 12.9. The Labute approximate surface area is 382 Å². The van der Waals surface area contributed by atoms with Gasteiger partial charge in [0.2, 0.25) is 5.22 Å². The number of methoxy groups -OCH3 is 3. The molecule has 0 amide bonds. The first-order chi connectivity index (χ1) is 31.3. The maximum absolute atomic E-state index is 17.6. The van der Waals surface area contributed by atoms with Crippen molar-refractivity contribution in [2.45, 2.75) is 45.7 Å². The van der Waals surface area contributed by atoms with E-state index in [0.717, 1.165) is 22.4 Å².